The lowest BCUT2D eigenvalue weighted by atomic mass is 10.2. The number of aryl methyl sites for hydroxylation is 2. The standard InChI is InChI=1S/C13H17N2O2S.HI/c1-8-14-13(18-5)9-6-11(16-3)12(17-4)7-10(9)15(8)2;/h6-7H,1-5H3;1H/q+1;/p-1. The van der Waals surface area contributed by atoms with Crippen molar-refractivity contribution in [3.63, 3.8) is 0 Å². The highest BCUT2D eigenvalue weighted by Crippen LogP contribution is 2.33. The molecule has 0 amide bonds. The summed E-state index contributed by atoms with van der Waals surface area (Å²) in [7, 11) is 5.29. The highest BCUT2D eigenvalue weighted by Gasteiger charge is 2.19. The third-order valence-corrected chi connectivity index (χ3v) is 3.73. The lowest BCUT2D eigenvalue weighted by molar-refractivity contribution is -0.655. The minimum Gasteiger partial charge on any atom is -1.00 e. The second kappa shape index (κ2) is 6.60. The number of aromatic nitrogens is 2. The van der Waals surface area contributed by atoms with E-state index in [0.29, 0.717) is 0 Å². The normalized spacial score (nSPS) is 10.2. The Balaban J connectivity index is 0.00000180. The van der Waals surface area contributed by atoms with E-state index in [0.717, 1.165) is 33.3 Å². The van der Waals surface area contributed by atoms with Crippen LogP contribution in [0.1, 0.15) is 5.82 Å². The summed E-state index contributed by atoms with van der Waals surface area (Å²) in [4.78, 5) is 4.58. The van der Waals surface area contributed by atoms with Gasteiger partial charge in [0.2, 0.25) is 5.03 Å². The molecule has 0 saturated carbocycles. The van der Waals surface area contributed by atoms with Gasteiger partial charge in [-0.25, -0.2) is 4.57 Å². The predicted octanol–water partition coefficient (Wildman–Crippen LogP) is -0.889. The number of ether oxygens (including phenoxy) is 2. The Bertz CT molecular complexity index is 605. The van der Waals surface area contributed by atoms with Crippen molar-refractivity contribution in [1.29, 1.82) is 0 Å². The molecule has 0 saturated heterocycles. The molecule has 104 valence electrons. The number of halogens is 1. The van der Waals surface area contributed by atoms with Crippen LogP contribution in [0.25, 0.3) is 10.9 Å². The first kappa shape index (κ1) is 16.3. The molecule has 0 aliphatic rings. The van der Waals surface area contributed by atoms with E-state index in [1.807, 2.05) is 32.4 Å². The zero-order chi connectivity index (χ0) is 13.3. The van der Waals surface area contributed by atoms with Gasteiger partial charge in [-0.3, -0.25) is 0 Å². The number of methoxy groups -OCH3 is 2. The molecule has 0 fully saturated rings. The first-order valence-electron chi connectivity index (χ1n) is 5.58. The maximum absolute atomic E-state index is 5.35. The molecule has 0 radical (unpaired) electrons. The maximum atomic E-state index is 5.35. The number of hydrogen-bond donors (Lipinski definition) is 0. The van der Waals surface area contributed by atoms with E-state index in [1.54, 1.807) is 26.0 Å². The van der Waals surface area contributed by atoms with Gasteiger partial charge < -0.3 is 33.5 Å². The van der Waals surface area contributed by atoms with Crippen LogP contribution in [0.4, 0.5) is 0 Å². The van der Waals surface area contributed by atoms with Gasteiger partial charge in [-0.2, -0.15) is 0 Å². The molecule has 6 heteroatoms. The fraction of sp³-hybridized carbons (Fsp3) is 0.385. The molecule has 0 spiro atoms. The van der Waals surface area contributed by atoms with Gasteiger partial charge in [-0.15, -0.1) is 0 Å². The summed E-state index contributed by atoms with van der Waals surface area (Å²) >= 11 is 1.63. The van der Waals surface area contributed by atoms with Gasteiger partial charge in [0.1, 0.15) is 5.52 Å². The van der Waals surface area contributed by atoms with E-state index in [1.165, 1.54) is 0 Å². The summed E-state index contributed by atoms with van der Waals surface area (Å²) in [5.41, 5.74) is 1.09. The maximum Gasteiger partial charge on any atom is 0.296 e. The fourth-order valence-corrected chi connectivity index (χ4v) is 2.54. The van der Waals surface area contributed by atoms with Crippen molar-refractivity contribution in [3.8, 4) is 11.5 Å². The minimum atomic E-state index is 0. The van der Waals surface area contributed by atoms with Crippen LogP contribution in [-0.4, -0.2) is 25.5 Å². The first-order chi connectivity index (χ1) is 8.62. The zero-order valence-corrected chi connectivity index (χ0v) is 14.6. The summed E-state index contributed by atoms with van der Waals surface area (Å²) in [5.74, 6) is 2.43. The molecular formula is C13H17IN2O2S. The Morgan fingerprint density at radius 2 is 1.74 bits per heavy atom. The molecule has 2 rings (SSSR count). The van der Waals surface area contributed by atoms with Crippen LogP contribution in [0, 0.1) is 6.92 Å². The predicted molar refractivity (Wildman–Crippen MR) is 72.5 cm³/mol. The van der Waals surface area contributed by atoms with Crippen LogP contribution in [0.3, 0.4) is 0 Å². The van der Waals surface area contributed by atoms with Crippen LogP contribution in [0.5, 0.6) is 11.5 Å². The lowest BCUT2D eigenvalue weighted by Crippen LogP contribution is -3.00. The van der Waals surface area contributed by atoms with Gasteiger partial charge in [0, 0.05) is 19.1 Å². The molecule has 0 aliphatic carbocycles. The highest BCUT2D eigenvalue weighted by molar-refractivity contribution is 7.98. The second-order valence-electron chi connectivity index (χ2n) is 3.95. The Morgan fingerprint density at radius 1 is 1.16 bits per heavy atom. The van der Waals surface area contributed by atoms with Gasteiger partial charge >= 0.3 is 0 Å². The van der Waals surface area contributed by atoms with Crippen molar-refractivity contribution in [3.05, 3.63) is 18.0 Å². The van der Waals surface area contributed by atoms with Gasteiger partial charge in [0.05, 0.1) is 26.7 Å². The molecular weight excluding hydrogens is 375 g/mol. The van der Waals surface area contributed by atoms with E-state index in [2.05, 4.69) is 9.55 Å². The molecule has 2 aromatic rings. The molecule has 0 unspecified atom stereocenters. The van der Waals surface area contributed by atoms with Crippen LogP contribution >= 0.6 is 11.8 Å². The van der Waals surface area contributed by atoms with Gasteiger partial charge in [0.15, 0.2) is 11.5 Å². The van der Waals surface area contributed by atoms with Crippen LogP contribution in [0.2, 0.25) is 0 Å². The highest BCUT2D eigenvalue weighted by atomic mass is 127. The average molecular weight is 392 g/mol. The summed E-state index contributed by atoms with van der Waals surface area (Å²) in [5, 5.41) is 2.08. The molecule has 0 atom stereocenters. The molecule has 0 bridgehead atoms. The summed E-state index contributed by atoms with van der Waals surface area (Å²) < 4.78 is 12.7. The van der Waals surface area contributed by atoms with E-state index in [9.17, 15) is 0 Å². The lowest BCUT2D eigenvalue weighted by Gasteiger charge is -2.10. The Labute approximate surface area is 134 Å². The van der Waals surface area contributed by atoms with E-state index >= 15 is 0 Å². The van der Waals surface area contributed by atoms with Crippen LogP contribution < -0.4 is 38.0 Å². The smallest absolute Gasteiger partial charge is 0.296 e. The fourth-order valence-electron chi connectivity index (χ4n) is 1.93. The number of benzene rings is 1. The van der Waals surface area contributed by atoms with Crippen molar-refractivity contribution >= 4 is 22.7 Å². The van der Waals surface area contributed by atoms with Crippen LogP contribution in [-0.2, 0) is 7.05 Å². The molecule has 0 N–H and O–H groups in total. The Morgan fingerprint density at radius 3 is 2.26 bits per heavy atom. The molecule has 0 aliphatic heterocycles. The van der Waals surface area contributed by atoms with Crippen molar-refractivity contribution < 1.29 is 38.0 Å². The topological polar surface area (TPSA) is 35.2 Å². The average Bonchev–Trinajstić information content (AvgIpc) is 2.41. The largest absolute Gasteiger partial charge is 1.00 e. The Kier molecular flexibility index (Phi) is 5.66. The molecule has 1 heterocycles. The van der Waals surface area contributed by atoms with E-state index in [4.69, 9.17) is 9.47 Å². The number of thioether (sulfide) groups is 1. The minimum absolute atomic E-state index is 0. The number of nitrogens with zero attached hydrogens (tertiary/aromatic N) is 2. The second-order valence-corrected chi connectivity index (χ2v) is 4.75. The summed E-state index contributed by atoms with van der Waals surface area (Å²) in [6.45, 7) is 2.00. The number of rotatable bonds is 3. The zero-order valence-electron chi connectivity index (χ0n) is 11.7. The molecule has 1 aromatic heterocycles. The van der Waals surface area contributed by atoms with Crippen molar-refractivity contribution in [2.24, 2.45) is 7.05 Å². The van der Waals surface area contributed by atoms with Gasteiger partial charge in [0.25, 0.3) is 5.82 Å². The van der Waals surface area contributed by atoms with Crippen molar-refractivity contribution in [2.45, 2.75) is 11.9 Å². The van der Waals surface area contributed by atoms with Crippen LogP contribution in [0.15, 0.2) is 17.2 Å². The molecule has 19 heavy (non-hydrogen) atoms. The molecule has 1 aromatic carbocycles. The monoisotopic (exact) mass is 392 g/mol. The number of hydrogen-bond acceptors (Lipinski definition) is 4. The van der Waals surface area contributed by atoms with Crippen molar-refractivity contribution in [1.82, 2.24) is 4.98 Å². The van der Waals surface area contributed by atoms with E-state index in [-0.39, 0.29) is 24.0 Å². The van der Waals surface area contributed by atoms with Crippen molar-refractivity contribution in [2.75, 3.05) is 20.5 Å². The molecule has 4 nitrogen and oxygen atoms in total. The number of fused-ring (bicyclic) bond motifs is 1. The summed E-state index contributed by atoms with van der Waals surface area (Å²) in [6.07, 6.45) is 2.03. The Hall–Kier alpha value is -0.760. The summed E-state index contributed by atoms with van der Waals surface area (Å²) in [6, 6.07) is 3.97. The SMILES string of the molecule is COc1cc2c(SC)nc(C)[n+](C)c2cc1OC.[I-]. The third kappa shape index (κ3) is 2.89. The quantitative estimate of drug-likeness (QED) is 0.294. The third-order valence-electron chi connectivity index (χ3n) is 3.04. The van der Waals surface area contributed by atoms with E-state index < -0.39 is 0 Å². The van der Waals surface area contributed by atoms with Gasteiger partial charge in [-0.05, 0) is 11.2 Å². The van der Waals surface area contributed by atoms with Gasteiger partial charge in [-0.1, -0.05) is 11.8 Å². The first-order valence-corrected chi connectivity index (χ1v) is 6.81.